The van der Waals surface area contributed by atoms with Gasteiger partial charge in [0, 0.05) is 5.69 Å². The summed E-state index contributed by atoms with van der Waals surface area (Å²) >= 11 is 0. The molecule has 2 N–H and O–H groups in total. The maximum atomic E-state index is 9.09. The zero-order valence-electron chi connectivity index (χ0n) is 10.3. The second-order valence-corrected chi connectivity index (χ2v) is 5.11. The van der Waals surface area contributed by atoms with E-state index >= 15 is 0 Å². The Kier molecular flexibility index (Phi) is 3.16. The molecule has 4 nitrogen and oxygen atoms in total. The van der Waals surface area contributed by atoms with Crippen LogP contribution in [0.25, 0.3) is 0 Å². The van der Waals surface area contributed by atoms with E-state index in [4.69, 9.17) is 10.2 Å². The van der Waals surface area contributed by atoms with Gasteiger partial charge in [0.15, 0.2) is 0 Å². The predicted octanol–water partition coefficient (Wildman–Crippen LogP) is 1.18. The zero-order valence-corrected chi connectivity index (χ0v) is 10.3. The van der Waals surface area contributed by atoms with Gasteiger partial charge in [-0.3, -0.25) is 4.68 Å². The van der Waals surface area contributed by atoms with Gasteiger partial charge in [-0.1, -0.05) is 6.42 Å². The van der Waals surface area contributed by atoms with E-state index in [0.717, 1.165) is 13.0 Å². The molecule has 1 aliphatic carbocycles. The van der Waals surface area contributed by atoms with E-state index in [2.05, 4.69) is 5.32 Å². The van der Waals surface area contributed by atoms with Crippen molar-refractivity contribution in [2.45, 2.75) is 51.1 Å². The van der Waals surface area contributed by atoms with Crippen molar-refractivity contribution in [2.24, 2.45) is 0 Å². The van der Waals surface area contributed by atoms with Gasteiger partial charge >= 0.3 is 0 Å². The van der Waals surface area contributed by atoms with Crippen LogP contribution < -0.4 is 5.32 Å². The largest absolute Gasteiger partial charge is 0.394 e. The van der Waals surface area contributed by atoms with Crippen molar-refractivity contribution < 1.29 is 5.11 Å². The standard InChI is InChI=1S/C13H21N3O/c17-9-8-16-12-6-3-4-10(12)13(15-16)11-5-1-2-7-14-11/h11,14,17H,1-9H2/t11-/m1/s1. The number of piperidine rings is 1. The molecule has 0 bridgehead atoms. The van der Waals surface area contributed by atoms with Crippen LogP contribution in [0, 0.1) is 0 Å². The average Bonchev–Trinajstić information content (AvgIpc) is 2.94. The van der Waals surface area contributed by atoms with E-state index in [9.17, 15) is 0 Å². The van der Waals surface area contributed by atoms with Gasteiger partial charge in [-0.25, -0.2) is 0 Å². The lowest BCUT2D eigenvalue weighted by Gasteiger charge is -2.22. The Morgan fingerprint density at radius 2 is 2.24 bits per heavy atom. The number of hydrogen-bond acceptors (Lipinski definition) is 3. The normalized spacial score (nSPS) is 23.9. The van der Waals surface area contributed by atoms with Crippen molar-refractivity contribution in [3.63, 3.8) is 0 Å². The molecule has 1 atom stereocenters. The van der Waals surface area contributed by atoms with E-state index in [0.29, 0.717) is 12.6 Å². The molecule has 0 aromatic carbocycles. The minimum Gasteiger partial charge on any atom is -0.394 e. The number of nitrogens with zero attached hydrogens (tertiary/aromatic N) is 2. The van der Waals surface area contributed by atoms with Gasteiger partial charge in [-0.05, 0) is 44.2 Å². The Labute approximate surface area is 102 Å². The Hall–Kier alpha value is -0.870. The highest BCUT2D eigenvalue weighted by Crippen LogP contribution is 2.32. The van der Waals surface area contributed by atoms with E-state index in [1.165, 1.54) is 49.1 Å². The molecular formula is C13H21N3O. The molecule has 1 aromatic rings. The molecule has 0 spiro atoms. The molecule has 1 aliphatic heterocycles. The van der Waals surface area contributed by atoms with Crippen LogP contribution in [0.15, 0.2) is 0 Å². The number of fused-ring (bicyclic) bond motifs is 1. The second kappa shape index (κ2) is 4.78. The average molecular weight is 235 g/mol. The minimum atomic E-state index is 0.186. The lowest BCUT2D eigenvalue weighted by Crippen LogP contribution is -2.28. The van der Waals surface area contributed by atoms with Crippen LogP contribution in [0.2, 0.25) is 0 Å². The number of nitrogens with one attached hydrogen (secondary N) is 1. The summed E-state index contributed by atoms with van der Waals surface area (Å²) in [6.45, 7) is 1.95. The molecule has 1 saturated heterocycles. The van der Waals surface area contributed by atoms with E-state index < -0.39 is 0 Å². The molecule has 1 aromatic heterocycles. The van der Waals surface area contributed by atoms with Gasteiger partial charge in [0.2, 0.25) is 0 Å². The maximum Gasteiger partial charge on any atom is 0.0828 e. The predicted molar refractivity (Wildman–Crippen MR) is 65.9 cm³/mol. The van der Waals surface area contributed by atoms with Gasteiger partial charge in [-0.2, -0.15) is 5.10 Å². The van der Waals surface area contributed by atoms with Crippen LogP contribution in [0.4, 0.5) is 0 Å². The highest BCUT2D eigenvalue weighted by Gasteiger charge is 2.27. The van der Waals surface area contributed by atoms with Crippen molar-refractivity contribution in [3.05, 3.63) is 17.0 Å². The van der Waals surface area contributed by atoms with Gasteiger partial charge < -0.3 is 10.4 Å². The number of hydrogen-bond donors (Lipinski definition) is 2. The van der Waals surface area contributed by atoms with Crippen LogP contribution in [0.3, 0.4) is 0 Å². The third kappa shape index (κ3) is 2.00. The Balaban J connectivity index is 1.90. The first-order valence-electron chi connectivity index (χ1n) is 6.83. The maximum absolute atomic E-state index is 9.09. The highest BCUT2D eigenvalue weighted by molar-refractivity contribution is 5.33. The van der Waals surface area contributed by atoms with Crippen molar-refractivity contribution in [3.8, 4) is 0 Å². The first-order chi connectivity index (χ1) is 8.40. The molecule has 3 rings (SSSR count). The summed E-state index contributed by atoms with van der Waals surface area (Å²) in [5.41, 5.74) is 4.12. The molecule has 0 saturated carbocycles. The summed E-state index contributed by atoms with van der Waals surface area (Å²) in [5.74, 6) is 0. The summed E-state index contributed by atoms with van der Waals surface area (Å²) in [6.07, 6.45) is 7.36. The molecular weight excluding hydrogens is 214 g/mol. The van der Waals surface area contributed by atoms with Crippen LogP contribution in [-0.2, 0) is 19.4 Å². The third-order valence-electron chi connectivity index (χ3n) is 3.99. The van der Waals surface area contributed by atoms with E-state index in [-0.39, 0.29) is 6.61 Å². The topological polar surface area (TPSA) is 50.1 Å². The molecule has 17 heavy (non-hydrogen) atoms. The van der Waals surface area contributed by atoms with Crippen LogP contribution in [0.1, 0.15) is 48.7 Å². The fraction of sp³-hybridized carbons (Fsp3) is 0.769. The van der Waals surface area contributed by atoms with Crippen LogP contribution >= 0.6 is 0 Å². The summed E-state index contributed by atoms with van der Waals surface area (Å²) < 4.78 is 2.04. The fourth-order valence-corrected chi connectivity index (χ4v) is 3.18. The fourth-order valence-electron chi connectivity index (χ4n) is 3.18. The first kappa shape index (κ1) is 11.2. The Bertz CT molecular complexity index is 394. The first-order valence-corrected chi connectivity index (χ1v) is 6.83. The smallest absolute Gasteiger partial charge is 0.0828 e. The number of aliphatic hydroxyl groups excluding tert-OH is 1. The van der Waals surface area contributed by atoms with Gasteiger partial charge in [0.25, 0.3) is 0 Å². The summed E-state index contributed by atoms with van der Waals surface area (Å²) in [7, 11) is 0. The van der Waals surface area contributed by atoms with Gasteiger partial charge in [-0.15, -0.1) is 0 Å². The Morgan fingerprint density at radius 1 is 1.29 bits per heavy atom. The minimum absolute atomic E-state index is 0.186. The number of aliphatic hydroxyl groups is 1. The summed E-state index contributed by atoms with van der Waals surface area (Å²) in [5, 5.41) is 17.4. The molecule has 94 valence electrons. The lowest BCUT2D eigenvalue weighted by atomic mass is 9.99. The van der Waals surface area contributed by atoms with Crippen molar-refractivity contribution in [2.75, 3.05) is 13.2 Å². The summed E-state index contributed by atoms with van der Waals surface area (Å²) in [4.78, 5) is 0. The quantitative estimate of drug-likeness (QED) is 0.827. The van der Waals surface area contributed by atoms with E-state index in [1.807, 2.05) is 4.68 Å². The van der Waals surface area contributed by atoms with Crippen LogP contribution in [0.5, 0.6) is 0 Å². The Morgan fingerprint density at radius 3 is 3.00 bits per heavy atom. The van der Waals surface area contributed by atoms with Crippen LogP contribution in [-0.4, -0.2) is 28.0 Å². The number of aromatic nitrogens is 2. The second-order valence-electron chi connectivity index (χ2n) is 5.11. The molecule has 2 aliphatic rings. The highest BCUT2D eigenvalue weighted by atomic mass is 16.3. The van der Waals surface area contributed by atoms with Crippen molar-refractivity contribution in [1.29, 1.82) is 0 Å². The summed E-state index contributed by atoms with van der Waals surface area (Å²) in [6, 6.07) is 0.454. The molecule has 2 heterocycles. The van der Waals surface area contributed by atoms with E-state index in [1.54, 1.807) is 0 Å². The zero-order chi connectivity index (χ0) is 11.7. The van der Waals surface area contributed by atoms with Gasteiger partial charge in [0.1, 0.15) is 0 Å². The number of rotatable bonds is 3. The molecule has 0 radical (unpaired) electrons. The van der Waals surface area contributed by atoms with Gasteiger partial charge in [0.05, 0.1) is 24.9 Å². The SMILES string of the molecule is OCCn1nc([C@H]2CCCCN2)c2c1CCC2. The third-order valence-corrected chi connectivity index (χ3v) is 3.99. The molecule has 0 amide bonds. The molecule has 0 unspecified atom stereocenters. The monoisotopic (exact) mass is 235 g/mol. The lowest BCUT2D eigenvalue weighted by molar-refractivity contribution is 0.266. The van der Waals surface area contributed by atoms with Crippen molar-refractivity contribution in [1.82, 2.24) is 15.1 Å². The molecule has 4 heteroatoms. The molecule has 1 fully saturated rings. The van der Waals surface area contributed by atoms with Crippen molar-refractivity contribution >= 4 is 0 Å².